The summed E-state index contributed by atoms with van der Waals surface area (Å²) in [5.74, 6) is 1.79. The van der Waals surface area contributed by atoms with Gasteiger partial charge in [0.2, 0.25) is 5.91 Å². The maximum atomic E-state index is 11.8. The Balaban J connectivity index is 2.51. The topological polar surface area (TPSA) is 63.1 Å². The van der Waals surface area contributed by atoms with Crippen molar-refractivity contribution in [2.75, 3.05) is 13.6 Å². The molecule has 0 saturated heterocycles. The number of nitrogens with one attached hydrogen (secondary N) is 1. The lowest BCUT2D eigenvalue weighted by molar-refractivity contribution is -0.131. The molecule has 0 radical (unpaired) electrons. The van der Waals surface area contributed by atoms with Gasteiger partial charge in [-0.3, -0.25) is 10.1 Å². The Morgan fingerprint density at radius 1 is 1.53 bits per heavy atom. The largest absolute Gasteiger partial charge is 0.345 e. The number of rotatable bonds is 5. The van der Waals surface area contributed by atoms with E-state index in [2.05, 4.69) is 15.5 Å². The summed E-state index contributed by atoms with van der Waals surface area (Å²) in [6.45, 7) is 6.97. The van der Waals surface area contributed by atoms with Crippen LogP contribution in [-0.4, -0.2) is 45.2 Å². The molecule has 17 heavy (non-hydrogen) atoms. The van der Waals surface area contributed by atoms with E-state index >= 15 is 0 Å². The molecule has 6 heteroatoms. The zero-order valence-corrected chi connectivity index (χ0v) is 11.2. The van der Waals surface area contributed by atoms with Crippen LogP contribution in [0, 0.1) is 6.92 Å². The van der Waals surface area contributed by atoms with Crippen LogP contribution in [0.5, 0.6) is 0 Å². The Morgan fingerprint density at radius 2 is 2.18 bits per heavy atom. The summed E-state index contributed by atoms with van der Waals surface area (Å²) in [5, 5.41) is 11.2. The van der Waals surface area contributed by atoms with E-state index in [9.17, 15) is 4.79 Å². The molecule has 1 atom stereocenters. The number of aryl methyl sites for hydroxylation is 1. The van der Waals surface area contributed by atoms with E-state index < -0.39 is 0 Å². The van der Waals surface area contributed by atoms with Crippen molar-refractivity contribution >= 4 is 5.91 Å². The first kappa shape index (κ1) is 13.6. The van der Waals surface area contributed by atoms with Crippen LogP contribution in [0.15, 0.2) is 0 Å². The number of likely N-dealkylation sites (N-methyl/N-ethyl adjacent to an activating group) is 1. The highest BCUT2D eigenvalue weighted by Gasteiger charge is 2.16. The SMILES string of the molecule is CCN(C)C(=O)C(C)NCc1nnc(C)n1C. The van der Waals surface area contributed by atoms with Gasteiger partial charge in [0, 0.05) is 20.6 Å². The summed E-state index contributed by atoms with van der Waals surface area (Å²) in [5.41, 5.74) is 0. The molecular weight excluding hydrogens is 218 g/mol. The standard InChI is InChI=1S/C11H21N5O/c1-6-15(4)11(17)8(2)12-7-10-14-13-9(3)16(10)5/h8,12H,6-7H2,1-5H3. The molecule has 0 aliphatic carbocycles. The summed E-state index contributed by atoms with van der Waals surface area (Å²) in [6, 6.07) is -0.211. The van der Waals surface area contributed by atoms with Gasteiger partial charge in [-0.25, -0.2) is 0 Å². The summed E-state index contributed by atoms with van der Waals surface area (Å²) < 4.78 is 1.91. The Bertz CT molecular complexity index is 387. The molecule has 1 aromatic rings. The van der Waals surface area contributed by atoms with Crippen molar-refractivity contribution in [1.82, 2.24) is 25.0 Å². The third-order valence-electron chi connectivity index (χ3n) is 2.97. The quantitative estimate of drug-likeness (QED) is 0.790. The average molecular weight is 239 g/mol. The number of amides is 1. The predicted molar refractivity (Wildman–Crippen MR) is 65.4 cm³/mol. The molecule has 0 fully saturated rings. The second kappa shape index (κ2) is 5.77. The van der Waals surface area contributed by atoms with Crippen LogP contribution in [0.25, 0.3) is 0 Å². The molecule has 6 nitrogen and oxygen atoms in total. The summed E-state index contributed by atoms with van der Waals surface area (Å²) in [4.78, 5) is 13.5. The summed E-state index contributed by atoms with van der Waals surface area (Å²) in [6.07, 6.45) is 0. The number of nitrogens with zero attached hydrogens (tertiary/aromatic N) is 4. The summed E-state index contributed by atoms with van der Waals surface area (Å²) >= 11 is 0. The van der Waals surface area contributed by atoms with E-state index in [4.69, 9.17) is 0 Å². The van der Waals surface area contributed by atoms with Crippen LogP contribution in [-0.2, 0) is 18.4 Å². The predicted octanol–water partition coefficient (Wildman–Crippen LogP) is 0.0799. The molecule has 0 aromatic carbocycles. The molecule has 1 unspecified atom stereocenters. The van der Waals surface area contributed by atoms with Gasteiger partial charge in [-0.1, -0.05) is 0 Å². The minimum Gasteiger partial charge on any atom is -0.345 e. The Kier molecular flexibility index (Phi) is 4.62. The highest BCUT2D eigenvalue weighted by Crippen LogP contribution is 1.98. The second-order valence-corrected chi connectivity index (χ2v) is 4.18. The molecule has 0 saturated carbocycles. The Morgan fingerprint density at radius 3 is 2.65 bits per heavy atom. The fraction of sp³-hybridized carbons (Fsp3) is 0.727. The van der Waals surface area contributed by atoms with Gasteiger partial charge < -0.3 is 9.47 Å². The van der Waals surface area contributed by atoms with Gasteiger partial charge in [0.15, 0.2) is 0 Å². The van der Waals surface area contributed by atoms with Gasteiger partial charge >= 0.3 is 0 Å². The lowest BCUT2D eigenvalue weighted by Crippen LogP contribution is -2.43. The number of carbonyl (C=O) groups is 1. The van der Waals surface area contributed by atoms with Crippen molar-refractivity contribution in [2.24, 2.45) is 7.05 Å². The molecular formula is C11H21N5O. The fourth-order valence-corrected chi connectivity index (χ4v) is 1.42. The highest BCUT2D eigenvalue weighted by molar-refractivity contribution is 5.81. The summed E-state index contributed by atoms with van der Waals surface area (Å²) in [7, 11) is 3.71. The van der Waals surface area contributed by atoms with Crippen LogP contribution in [0.4, 0.5) is 0 Å². The fourth-order valence-electron chi connectivity index (χ4n) is 1.42. The molecule has 0 aliphatic rings. The van der Waals surface area contributed by atoms with E-state index in [1.165, 1.54) is 0 Å². The van der Waals surface area contributed by atoms with Crippen molar-refractivity contribution in [3.8, 4) is 0 Å². The average Bonchev–Trinajstić information content (AvgIpc) is 2.65. The first-order valence-corrected chi connectivity index (χ1v) is 5.80. The van der Waals surface area contributed by atoms with E-state index in [1.807, 2.05) is 32.4 Å². The van der Waals surface area contributed by atoms with Crippen molar-refractivity contribution in [2.45, 2.75) is 33.4 Å². The smallest absolute Gasteiger partial charge is 0.239 e. The molecule has 0 aliphatic heterocycles. The van der Waals surface area contributed by atoms with Crippen LogP contribution in [0.1, 0.15) is 25.5 Å². The van der Waals surface area contributed by atoms with E-state index in [0.717, 1.165) is 11.6 Å². The van der Waals surface area contributed by atoms with Crippen molar-refractivity contribution in [3.05, 3.63) is 11.6 Å². The third-order valence-corrected chi connectivity index (χ3v) is 2.97. The van der Waals surface area contributed by atoms with Crippen LogP contribution >= 0.6 is 0 Å². The lowest BCUT2D eigenvalue weighted by Gasteiger charge is -2.20. The molecule has 1 N–H and O–H groups in total. The maximum Gasteiger partial charge on any atom is 0.239 e. The monoisotopic (exact) mass is 239 g/mol. The number of hydrogen-bond donors (Lipinski definition) is 1. The normalized spacial score (nSPS) is 12.5. The van der Waals surface area contributed by atoms with Crippen molar-refractivity contribution in [3.63, 3.8) is 0 Å². The number of carbonyl (C=O) groups excluding carboxylic acids is 1. The molecule has 1 heterocycles. The van der Waals surface area contributed by atoms with Crippen molar-refractivity contribution in [1.29, 1.82) is 0 Å². The zero-order valence-electron chi connectivity index (χ0n) is 11.2. The first-order chi connectivity index (χ1) is 7.97. The molecule has 0 bridgehead atoms. The zero-order chi connectivity index (χ0) is 13.0. The minimum absolute atomic E-state index is 0.0893. The van der Waals surface area contributed by atoms with E-state index in [0.29, 0.717) is 13.1 Å². The molecule has 1 rings (SSSR count). The van der Waals surface area contributed by atoms with Crippen LogP contribution < -0.4 is 5.32 Å². The Labute approximate surface area is 102 Å². The number of hydrogen-bond acceptors (Lipinski definition) is 4. The highest BCUT2D eigenvalue weighted by atomic mass is 16.2. The minimum atomic E-state index is -0.211. The van der Waals surface area contributed by atoms with Crippen molar-refractivity contribution < 1.29 is 4.79 Å². The van der Waals surface area contributed by atoms with Gasteiger partial charge in [-0.2, -0.15) is 0 Å². The van der Waals surface area contributed by atoms with Crippen LogP contribution in [0.3, 0.4) is 0 Å². The lowest BCUT2D eigenvalue weighted by atomic mass is 10.3. The first-order valence-electron chi connectivity index (χ1n) is 5.80. The van der Waals surface area contributed by atoms with Crippen LogP contribution in [0.2, 0.25) is 0 Å². The Hall–Kier alpha value is -1.43. The molecule has 1 aromatic heterocycles. The van der Waals surface area contributed by atoms with Gasteiger partial charge in [0.25, 0.3) is 0 Å². The van der Waals surface area contributed by atoms with Gasteiger partial charge in [0.1, 0.15) is 11.6 Å². The second-order valence-electron chi connectivity index (χ2n) is 4.18. The van der Waals surface area contributed by atoms with Gasteiger partial charge in [-0.05, 0) is 20.8 Å². The molecule has 1 amide bonds. The van der Waals surface area contributed by atoms with E-state index in [-0.39, 0.29) is 11.9 Å². The van der Waals surface area contributed by atoms with Gasteiger partial charge in [-0.15, -0.1) is 10.2 Å². The maximum absolute atomic E-state index is 11.8. The van der Waals surface area contributed by atoms with Gasteiger partial charge in [0.05, 0.1) is 12.6 Å². The third kappa shape index (κ3) is 3.26. The van der Waals surface area contributed by atoms with E-state index in [1.54, 1.807) is 11.9 Å². The molecule has 96 valence electrons. The number of aromatic nitrogens is 3. The molecule has 0 spiro atoms.